The van der Waals surface area contributed by atoms with E-state index < -0.39 is 16.7 Å². The van der Waals surface area contributed by atoms with Crippen LogP contribution in [0.4, 0.5) is 0 Å². The standard InChI is InChI=1S/C26H37NO5S/c1-5-6-20(2)26(17-23(29)15-16-28)33(30)27(18-21-7-11-24(31-3)12-8-21)19-22-9-13-25(32-4)14-10-22/h5,7-14,20,23,26,28-29H,1,6,15-19H2,2-4H3/t20-,23+,26-/m1/s1. The Hall–Kier alpha value is -2.35. The molecule has 6 nitrogen and oxygen atoms in total. The predicted molar refractivity (Wildman–Crippen MR) is 132 cm³/mol. The summed E-state index contributed by atoms with van der Waals surface area (Å²) in [5.41, 5.74) is 2.03. The first kappa shape index (κ1) is 26.9. The lowest BCUT2D eigenvalue weighted by Gasteiger charge is -2.28. The van der Waals surface area contributed by atoms with E-state index in [1.54, 1.807) is 14.2 Å². The van der Waals surface area contributed by atoms with E-state index in [2.05, 4.69) is 6.58 Å². The first-order valence-corrected chi connectivity index (χ1v) is 12.4. The molecule has 2 N–H and O–H groups in total. The van der Waals surface area contributed by atoms with Crippen LogP contribution < -0.4 is 9.47 Å². The molecule has 182 valence electrons. The molecule has 2 aromatic carbocycles. The van der Waals surface area contributed by atoms with Gasteiger partial charge in [-0.25, -0.2) is 0 Å². The molecule has 0 fully saturated rings. The van der Waals surface area contributed by atoms with Crippen molar-refractivity contribution in [2.24, 2.45) is 5.92 Å². The summed E-state index contributed by atoms with van der Waals surface area (Å²) in [6.45, 7) is 6.73. The van der Waals surface area contributed by atoms with Gasteiger partial charge in [-0.2, -0.15) is 0 Å². The summed E-state index contributed by atoms with van der Waals surface area (Å²) in [5, 5.41) is 19.4. The van der Waals surface area contributed by atoms with Crippen LogP contribution in [0, 0.1) is 5.92 Å². The lowest BCUT2D eigenvalue weighted by Crippen LogP contribution is -2.30. The van der Waals surface area contributed by atoms with Crippen LogP contribution in [0.5, 0.6) is 11.5 Å². The number of allylic oxidation sites excluding steroid dienone is 1. The van der Waals surface area contributed by atoms with Gasteiger partial charge >= 0.3 is 0 Å². The van der Waals surface area contributed by atoms with E-state index in [-0.39, 0.29) is 24.2 Å². The average Bonchev–Trinajstić information content (AvgIpc) is 2.83. The maximum absolute atomic E-state index is 13.9. The molecule has 0 aromatic heterocycles. The van der Waals surface area contributed by atoms with Crippen LogP contribution in [0.2, 0.25) is 0 Å². The second-order valence-electron chi connectivity index (χ2n) is 8.21. The average molecular weight is 476 g/mol. The Labute approximate surface area is 199 Å². The molecule has 0 saturated carbocycles. The van der Waals surface area contributed by atoms with Crippen molar-refractivity contribution in [1.82, 2.24) is 0 Å². The minimum absolute atomic E-state index is 0.0610. The fraction of sp³-hybridized carbons (Fsp3) is 0.462. The molecule has 0 aliphatic carbocycles. The van der Waals surface area contributed by atoms with Crippen LogP contribution in [0.1, 0.15) is 37.3 Å². The quantitative estimate of drug-likeness (QED) is 0.242. The lowest BCUT2D eigenvalue weighted by atomic mass is 9.98. The SMILES string of the molecule is C=CC[C@@H](C)[C@@H](C[C@@H](O)CCO)[S-](=O)=[N+](Cc1ccc(OC)cc1)Cc1ccc(OC)cc1. The number of rotatable bonds is 14. The molecule has 0 aliphatic rings. The van der Waals surface area contributed by atoms with E-state index in [4.69, 9.17) is 9.47 Å². The number of methoxy groups -OCH3 is 2. The van der Waals surface area contributed by atoms with Gasteiger partial charge in [0.2, 0.25) is 0 Å². The molecular formula is C26H37NO5S. The molecule has 0 unspecified atom stereocenters. The zero-order valence-corrected chi connectivity index (χ0v) is 20.7. The first-order valence-electron chi connectivity index (χ1n) is 11.2. The molecule has 7 heteroatoms. The molecule has 2 rings (SSSR count). The minimum atomic E-state index is -1.39. The number of hydrogen-bond donors (Lipinski definition) is 2. The van der Waals surface area contributed by atoms with Gasteiger partial charge < -0.3 is 27.8 Å². The Morgan fingerprint density at radius 1 is 1.00 bits per heavy atom. The summed E-state index contributed by atoms with van der Waals surface area (Å²) in [5.74, 6) is 1.60. The topological polar surface area (TPSA) is 79.0 Å². The second-order valence-corrected chi connectivity index (χ2v) is 9.89. The minimum Gasteiger partial charge on any atom is -0.497 e. The highest BCUT2D eigenvalue weighted by Crippen LogP contribution is 2.22. The Kier molecular flexibility index (Phi) is 11.4. The van der Waals surface area contributed by atoms with Crippen molar-refractivity contribution in [3.8, 4) is 11.5 Å². The summed E-state index contributed by atoms with van der Waals surface area (Å²) in [6, 6.07) is 15.5. The highest BCUT2D eigenvalue weighted by molar-refractivity contribution is 7.73. The molecule has 3 atom stereocenters. The van der Waals surface area contributed by atoms with Crippen LogP contribution in [0.15, 0.2) is 61.2 Å². The number of benzene rings is 2. The number of ether oxygens (including phenoxy) is 2. The van der Waals surface area contributed by atoms with Crippen LogP contribution in [0.25, 0.3) is 0 Å². The first-order chi connectivity index (χ1) is 15.9. The van der Waals surface area contributed by atoms with Gasteiger partial charge in [-0.05, 0) is 89.6 Å². The summed E-state index contributed by atoms with van der Waals surface area (Å²) in [6.07, 6.45) is 2.43. The number of hydrogen-bond acceptors (Lipinski definition) is 6. The molecule has 2 aromatic rings. The van der Waals surface area contributed by atoms with E-state index in [1.165, 1.54) is 0 Å². The van der Waals surface area contributed by atoms with Crippen molar-refractivity contribution in [3.63, 3.8) is 0 Å². The lowest BCUT2D eigenvalue weighted by molar-refractivity contribution is -0.536. The van der Waals surface area contributed by atoms with Gasteiger partial charge in [-0.15, -0.1) is 6.58 Å². The highest BCUT2D eigenvalue weighted by Gasteiger charge is 2.20. The van der Waals surface area contributed by atoms with E-state index in [1.807, 2.05) is 65.5 Å². The second kappa shape index (κ2) is 14.0. The Morgan fingerprint density at radius 2 is 1.48 bits per heavy atom. The summed E-state index contributed by atoms with van der Waals surface area (Å²) in [7, 11) is 1.87. The van der Waals surface area contributed by atoms with E-state index >= 15 is 0 Å². The van der Waals surface area contributed by atoms with E-state index in [0.717, 1.165) is 22.6 Å². The van der Waals surface area contributed by atoms with Crippen molar-refractivity contribution in [2.45, 2.75) is 50.6 Å². The largest absolute Gasteiger partial charge is 0.497 e. The number of nitrogens with zero attached hydrogens (tertiary/aromatic N) is 1. The summed E-state index contributed by atoms with van der Waals surface area (Å²) in [4.78, 5) is 0. The summed E-state index contributed by atoms with van der Waals surface area (Å²) >= 11 is 0. The van der Waals surface area contributed by atoms with Crippen molar-refractivity contribution in [3.05, 3.63) is 72.3 Å². The summed E-state index contributed by atoms with van der Waals surface area (Å²) < 4.78 is 26.4. The maximum atomic E-state index is 13.9. The normalized spacial score (nSPS) is 13.9. The monoisotopic (exact) mass is 475 g/mol. The van der Waals surface area contributed by atoms with Gasteiger partial charge in [0, 0.05) is 17.7 Å². The zero-order valence-electron chi connectivity index (χ0n) is 19.9. The molecule has 0 radical (unpaired) electrons. The Balaban J connectivity index is 2.45. The van der Waals surface area contributed by atoms with Gasteiger partial charge in [-0.1, -0.05) is 13.0 Å². The van der Waals surface area contributed by atoms with Gasteiger partial charge in [-0.3, -0.25) is 0 Å². The fourth-order valence-electron chi connectivity index (χ4n) is 3.71. The predicted octanol–water partition coefficient (Wildman–Crippen LogP) is 4.28. The molecule has 0 heterocycles. The third-order valence-electron chi connectivity index (χ3n) is 5.69. The van der Waals surface area contributed by atoms with Gasteiger partial charge in [0.15, 0.2) is 0 Å². The van der Waals surface area contributed by atoms with E-state index in [9.17, 15) is 14.4 Å². The third-order valence-corrected chi connectivity index (χ3v) is 7.63. The zero-order chi connectivity index (χ0) is 24.2. The van der Waals surface area contributed by atoms with Crippen molar-refractivity contribution in [1.29, 1.82) is 0 Å². The number of aliphatic hydroxyl groups is 2. The van der Waals surface area contributed by atoms with Crippen molar-refractivity contribution < 1.29 is 27.8 Å². The Bertz CT molecular complexity index is 885. The molecule has 33 heavy (non-hydrogen) atoms. The fourth-order valence-corrected chi connectivity index (χ4v) is 5.54. The molecular weight excluding hydrogens is 438 g/mol. The molecule has 0 amide bonds. The van der Waals surface area contributed by atoms with Crippen LogP contribution in [-0.4, -0.2) is 46.3 Å². The van der Waals surface area contributed by atoms with Gasteiger partial charge in [0.05, 0.1) is 20.3 Å². The molecule has 0 spiro atoms. The number of aliphatic hydroxyl groups excluding tert-OH is 2. The van der Waals surface area contributed by atoms with Gasteiger partial charge in [0.1, 0.15) is 24.6 Å². The molecule has 0 aliphatic heterocycles. The van der Waals surface area contributed by atoms with Crippen molar-refractivity contribution >= 4 is 10.6 Å². The highest BCUT2D eigenvalue weighted by atomic mass is 32.2. The smallest absolute Gasteiger partial charge is 0.149 e. The third kappa shape index (κ3) is 8.50. The molecule has 0 bridgehead atoms. The van der Waals surface area contributed by atoms with Crippen LogP contribution >= 0.6 is 0 Å². The van der Waals surface area contributed by atoms with Gasteiger partial charge in [0.25, 0.3) is 0 Å². The van der Waals surface area contributed by atoms with Crippen molar-refractivity contribution in [2.75, 3.05) is 20.8 Å². The van der Waals surface area contributed by atoms with Crippen LogP contribution in [-0.2, 0) is 27.9 Å². The maximum Gasteiger partial charge on any atom is 0.149 e. The van der Waals surface area contributed by atoms with Crippen LogP contribution in [0.3, 0.4) is 0 Å². The Morgan fingerprint density at radius 3 is 1.88 bits per heavy atom. The van der Waals surface area contributed by atoms with E-state index in [0.29, 0.717) is 25.9 Å². The molecule has 0 saturated heterocycles.